The van der Waals surface area contributed by atoms with Gasteiger partial charge in [0.15, 0.2) is 9.84 Å². The van der Waals surface area contributed by atoms with Crippen molar-refractivity contribution in [2.75, 3.05) is 6.26 Å². The molecule has 3 atom stereocenters. The van der Waals surface area contributed by atoms with E-state index in [0.29, 0.717) is 6.04 Å². The van der Waals surface area contributed by atoms with E-state index in [1.165, 1.54) is 23.8 Å². The number of fused-ring (bicyclic) bond motifs is 1. The van der Waals surface area contributed by atoms with Gasteiger partial charge >= 0.3 is 0 Å². The molecule has 0 spiro atoms. The smallest absolute Gasteiger partial charge is 0.151 e. The van der Waals surface area contributed by atoms with Gasteiger partial charge in [-0.05, 0) is 43.2 Å². The normalized spacial score (nSPS) is 30.1. The second kappa shape index (κ2) is 5.49. The minimum Gasteiger partial charge on any atom is -0.306 e. The Bertz CT molecular complexity index is 582. The first-order valence-electron chi connectivity index (χ1n) is 7.58. The molecule has 0 aliphatic heterocycles. The van der Waals surface area contributed by atoms with Crippen LogP contribution in [0.25, 0.3) is 0 Å². The van der Waals surface area contributed by atoms with Gasteiger partial charge in [0.1, 0.15) is 0 Å². The molecule has 2 aliphatic rings. The van der Waals surface area contributed by atoms with Gasteiger partial charge in [-0.25, -0.2) is 8.42 Å². The van der Waals surface area contributed by atoms with Crippen LogP contribution in [0.4, 0.5) is 0 Å². The van der Waals surface area contributed by atoms with Crippen LogP contribution >= 0.6 is 0 Å². The van der Waals surface area contributed by atoms with Crippen LogP contribution in [0, 0.1) is 0 Å². The summed E-state index contributed by atoms with van der Waals surface area (Å²) in [5.74, 6) is 0. The monoisotopic (exact) mass is 293 g/mol. The van der Waals surface area contributed by atoms with Crippen LogP contribution in [0.15, 0.2) is 24.3 Å². The molecule has 3 unspecified atom stereocenters. The molecule has 0 bridgehead atoms. The van der Waals surface area contributed by atoms with Crippen LogP contribution < -0.4 is 5.32 Å². The molecule has 1 N–H and O–H groups in total. The minimum atomic E-state index is -2.94. The Morgan fingerprint density at radius 1 is 1.10 bits per heavy atom. The van der Waals surface area contributed by atoms with Crippen molar-refractivity contribution in [2.45, 2.75) is 55.9 Å². The molecular weight excluding hydrogens is 270 g/mol. The summed E-state index contributed by atoms with van der Waals surface area (Å²) in [6.45, 7) is 0. The van der Waals surface area contributed by atoms with Crippen LogP contribution in [0.2, 0.25) is 0 Å². The number of sulfone groups is 1. The Morgan fingerprint density at radius 2 is 1.90 bits per heavy atom. The van der Waals surface area contributed by atoms with Crippen molar-refractivity contribution in [3.05, 3.63) is 35.4 Å². The van der Waals surface area contributed by atoms with Crippen LogP contribution in [-0.4, -0.2) is 26.0 Å². The van der Waals surface area contributed by atoms with Gasteiger partial charge in [-0.1, -0.05) is 30.7 Å². The first-order valence-corrected chi connectivity index (χ1v) is 9.54. The van der Waals surface area contributed by atoms with Gasteiger partial charge in [0.2, 0.25) is 0 Å². The van der Waals surface area contributed by atoms with Gasteiger partial charge < -0.3 is 5.32 Å². The molecular formula is C16H23NO2S. The van der Waals surface area contributed by atoms with Crippen molar-refractivity contribution < 1.29 is 8.42 Å². The highest BCUT2D eigenvalue weighted by Crippen LogP contribution is 2.33. The van der Waals surface area contributed by atoms with Crippen molar-refractivity contribution in [1.82, 2.24) is 5.32 Å². The van der Waals surface area contributed by atoms with E-state index in [0.717, 1.165) is 32.1 Å². The molecule has 4 heteroatoms. The highest BCUT2D eigenvalue weighted by atomic mass is 32.2. The highest BCUT2D eigenvalue weighted by Gasteiger charge is 2.36. The van der Waals surface area contributed by atoms with E-state index in [9.17, 15) is 8.42 Å². The standard InChI is InChI=1S/C16H23NO2S/c1-20(18,19)16-11-5-10-15(16)17-14-9-4-7-12-6-2-3-8-13(12)14/h2-3,6,8,14-17H,4-5,7,9-11H2,1H3. The van der Waals surface area contributed by atoms with E-state index in [-0.39, 0.29) is 11.3 Å². The Balaban J connectivity index is 1.79. The van der Waals surface area contributed by atoms with Crippen molar-refractivity contribution in [1.29, 1.82) is 0 Å². The van der Waals surface area contributed by atoms with Crippen molar-refractivity contribution >= 4 is 9.84 Å². The fourth-order valence-corrected chi connectivity index (χ4v) is 5.22. The third kappa shape index (κ3) is 2.77. The number of aryl methyl sites for hydroxylation is 1. The molecule has 20 heavy (non-hydrogen) atoms. The summed E-state index contributed by atoms with van der Waals surface area (Å²) in [7, 11) is -2.94. The SMILES string of the molecule is CS(=O)(=O)C1CCCC1NC1CCCc2ccccc21. The second-order valence-electron chi connectivity index (χ2n) is 6.22. The Hall–Kier alpha value is -0.870. The van der Waals surface area contributed by atoms with Gasteiger partial charge in [-0.3, -0.25) is 0 Å². The zero-order valence-corrected chi connectivity index (χ0v) is 12.8. The summed E-state index contributed by atoms with van der Waals surface area (Å²) in [4.78, 5) is 0. The number of rotatable bonds is 3. The van der Waals surface area contributed by atoms with Gasteiger partial charge in [0.25, 0.3) is 0 Å². The van der Waals surface area contributed by atoms with Crippen LogP contribution in [0.5, 0.6) is 0 Å². The maximum Gasteiger partial charge on any atom is 0.151 e. The lowest BCUT2D eigenvalue weighted by Gasteiger charge is -2.31. The quantitative estimate of drug-likeness (QED) is 0.932. The lowest BCUT2D eigenvalue weighted by molar-refractivity contribution is 0.396. The van der Waals surface area contributed by atoms with E-state index in [1.54, 1.807) is 0 Å². The van der Waals surface area contributed by atoms with E-state index < -0.39 is 9.84 Å². The molecule has 0 heterocycles. The molecule has 0 amide bonds. The first kappa shape index (κ1) is 14.1. The lowest BCUT2D eigenvalue weighted by Crippen LogP contribution is -2.42. The fourth-order valence-electron chi connectivity index (χ4n) is 3.81. The van der Waals surface area contributed by atoms with Gasteiger partial charge in [-0.2, -0.15) is 0 Å². The lowest BCUT2D eigenvalue weighted by atomic mass is 9.87. The van der Waals surface area contributed by atoms with Crippen LogP contribution in [-0.2, 0) is 16.3 Å². The largest absolute Gasteiger partial charge is 0.306 e. The summed E-state index contributed by atoms with van der Waals surface area (Å²) >= 11 is 0. The molecule has 1 aromatic carbocycles. The van der Waals surface area contributed by atoms with Gasteiger partial charge in [0.05, 0.1) is 5.25 Å². The van der Waals surface area contributed by atoms with E-state index in [4.69, 9.17) is 0 Å². The van der Waals surface area contributed by atoms with E-state index >= 15 is 0 Å². The predicted octanol–water partition coefficient (Wildman–Crippen LogP) is 2.62. The number of hydrogen-bond acceptors (Lipinski definition) is 3. The molecule has 1 fully saturated rings. The summed E-state index contributed by atoms with van der Waals surface area (Å²) in [6, 6.07) is 9.02. The van der Waals surface area contributed by atoms with Gasteiger partial charge in [-0.15, -0.1) is 0 Å². The minimum absolute atomic E-state index is 0.126. The summed E-state index contributed by atoms with van der Waals surface area (Å²) in [5, 5.41) is 3.45. The van der Waals surface area contributed by atoms with Crippen LogP contribution in [0.1, 0.15) is 49.3 Å². The zero-order chi connectivity index (χ0) is 14.2. The highest BCUT2D eigenvalue weighted by molar-refractivity contribution is 7.91. The first-order chi connectivity index (χ1) is 9.55. The van der Waals surface area contributed by atoms with Gasteiger partial charge in [0, 0.05) is 18.3 Å². The summed E-state index contributed by atoms with van der Waals surface area (Å²) in [5.41, 5.74) is 2.79. The third-order valence-corrected chi connectivity index (χ3v) is 6.45. The molecule has 1 saturated carbocycles. The average molecular weight is 293 g/mol. The molecule has 3 rings (SSSR count). The van der Waals surface area contributed by atoms with Crippen molar-refractivity contribution in [2.24, 2.45) is 0 Å². The average Bonchev–Trinajstić information content (AvgIpc) is 2.87. The predicted molar refractivity (Wildman–Crippen MR) is 81.5 cm³/mol. The number of benzene rings is 1. The van der Waals surface area contributed by atoms with E-state index in [1.807, 2.05) is 0 Å². The second-order valence-corrected chi connectivity index (χ2v) is 8.48. The third-order valence-electron chi connectivity index (χ3n) is 4.79. The maximum atomic E-state index is 11.9. The molecule has 1 aromatic rings. The molecule has 3 nitrogen and oxygen atoms in total. The number of hydrogen-bond donors (Lipinski definition) is 1. The molecule has 0 saturated heterocycles. The van der Waals surface area contributed by atoms with Crippen LogP contribution in [0.3, 0.4) is 0 Å². The molecule has 2 aliphatic carbocycles. The van der Waals surface area contributed by atoms with Crippen molar-refractivity contribution in [3.8, 4) is 0 Å². The molecule has 110 valence electrons. The van der Waals surface area contributed by atoms with Crippen molar-refractivity contribution in [3.63, 3.8) is 0 Å². The van der Waals surface area contributed by atoms with E-state index in [2.05, 4.69) is 29.6 Å². The molecule has 0 radical (unpaired) electrons. The Kier molecular flexibility index (Phi) is 3.87. The molecule has 0 aromatic heterocycles. The zero-order valence-electron chi connectivity index (χ0n) is 12.0. The summed E-state index contributed by atoms with van der Waals surface area (Å²) in [6.07, 6.45) is 7.64. The Labute approximate surface area is 121 Å². The topological polar surface area (TPSA) is 46.2 Å². The number of nitrogens with one attached hydrogen (secondary N) is 1. The Morgan fingerprint density at radius 3 is 2.70 bits per heavy atom. The summed E-state index contributed by atoms with van der Waals surface area (Å²) < 4.78 is 23.8. The fraction of sp³-hybridized carbons (Fsp3) is 0.625. The maximum absolute atomic E-state index is 11.9.